The van der Waals surface area contributed by atoms with Crippen LogP contribution in [0.5, 0.6) is 0 Å². The van der Waals surface area contributed by atoms with Gasteiger partial charge in [-0.1, -0.05) is 11.6 Å². The first-order valence-corrected chi connectivity index (χ1v) is 5.01. The highest BCUT2D eigenvalue weighted by Crippen LogP contribution is 2.21. The molecular formula is C9H10ClN3O4. The van der Waals surface area contributed by atoms with Gasteiger partial charge in [0.15, 0.2) is 0 Å². The number of carbonyl (C=O) groups excluding carboxylic acids is 1. The fraction of sp³-hybridized carbons (Fsp3) is 0.333. The maximum atomic E-state index is 11.8. The van der Waals surface area contributed by atoms with Crippen LogP contribution in [0.4, 0.5) is 5.69 Å². The molecule has 0 aromatic carbocycles. The van der Waals surface area contributed by atoms with E-state index in [0.29, 0.717) is 0 Å². The molecule has 17 heavy (non-hydrogen) atoms. The molecule has 8 heteroatoms. The summed E-state index contributed by atoms with van der Waals surface area (Å²) in [5.74, 6) is -0.588. The Morgan fingerprint density at radius 3 is 2.88 bits per heavy atom. The highest BCUT2D eigenvalue weighted by atomic mass is 35.5. The molecule has 1 rings (SSSR count). The van der Waals surface area contributed by atoms with E-state index in [9.17, 15) is 14.9 Å². The second-order valence-electron chi connectivity index (χ2n) is 3.23. The van der Waals surface area contributed by atoms with Crippen molar-refractivity contribution in [2.75, 3.05) is 20.2 Å². The number of rotatable bonds is 4. The summed E-state index contributed by atoms with van der Waals surface area (Å²) in [6.07, 6.45) is 0.933. The Bertz CT molecular complexity index is 452. The molecule has 1 N–H and O–H groups in total. The topological polar surface area (TPSA) is 96.6 Å². The zero-order chi connectivity index (χ0) is 13.0. The Morgan fingerprint density at radius 1 is 1.71 bits per heavy atom. The molecule has 1 heterocycles. The highest BCUT2D eigenvalue weighted by Gasteiger charge is 2.23. The number of aliphatic hydroxyl groups is 1. The Labute approximate surface area is 102 Å². The number of pyridine rings is 1. The van der Waals surface area contributed by atoms with Crippen LogP contribution >= 0.6 is 11.6 Å². The minimum atomic E-state index is -0.705. The van der Waals surface area contributed by atoms with Crippen molar-refractivity contribution in [1.29, 1.82) is 0 Å². The normalized spacial score (nSPS) is 10.1. The Kier molecular flexibility index (Phi) is 4.36. The fourth-order valence-electron chi connectivity index (χ4n) is 1.20. The molecule has 0 atom stereocenters. The van der Waals surface area contributed by atoms with Gasteiger partial charge in [-0.05, 0) is 6.07 Å². The number of nitrogens with zero attached hydrogens (tertiary/aromatic N) is 3. The SMILES string of the molecule is CN(CCO)C(=O)c1cc(Cl)ncc1[N+](=O)[O-]. The van der Waals surface area contributed by atoms with Gasteiger partial charge in [0.05, 0.1) is 11.5 Å². The molecule has 0 aliphatic heterocycles. The summed E-state index contributed by atoms with van der Waals surface area (Å²) in [4.78, 5) is 26.6. The van der Waals surface area contributed by atoms with Gasteiger partial charge in [-0.15, -0.1) is 0 Å². The van der Waals surface area contributed by atoms with Gasteiger partial charge < -0.3 is 10.0 Å². The van der Waals surface area contributed by atoms with Crippen molar-refractivity contribution in [2.24, 2.45) is 0 Å². The molecule has 1 amide bonds. The summed E-state index contributed by atoms with van der Waals surface area (Å²) >= 11 is 5.59. The molecule has 0 saturated heterocycles. The van der Waals surface area contributed by atoms with Crippen molar-refractivity contribution in [1.82, 2.24) is 9.88 Å². The van der Waals surface area contributed by atoms with E-state index < -0.39 is 16.5 Å². The molecule has 0 fully saturated rings. The summed E-state index contributed by atoms with van der Waals surface area (Å²) in [6.45, 7) is -0.148. The van der Waals surface area contributed by atoms with Crippen molar-refractivity contribution in [3.8, 4) is 0 Å². The average molecular weight is 260 g/mol. The third-order valence-corrected chi connectivity index (χ3v) is 2.27. The van der Waals surface area contributed by atoms with Crippen LogP contribution in [0.2, 0.25) is 5.15 Å². The van der Waals surface area contributed by atoms with E-state index in [1.165, 1.54) is 11.9 Å². The first kappa shape index (κ1) is 13.3. The average Bonchev–Trinajstić information content (AvgIpc) is 2.27. The van der Waals surface area contributed by atoms with Gasteiger partial charge >= 0.3 is 0 Å². The number of hydrogen-bond donors (Lipinski definition) is 1. The lowest BCUT2D eigenvalue weighted by molar-refractivity contribution is -0.385. The van der Waals surface area contributed by atoms with Gasteiger partial charge in [0.2, 0.25) is 0 Å². The van der Waals surface area contributed by atoms with E-state index >= 15 is 0 Å². The van der Waals surface area contributed by atoms with Crippen molar-refractivity contribution in [2.45, 2.75) is 0 Å². The Morgan fingerprint density at radius 2 is 2.35 bits per heavy atom. The smallest absolute Gasteiger partial charge is 0.300 e. The number of halogens is 1. The number of carbonyl (C=O) groups is 1. The lowest BCUT2D eigenvalue weighted by Crippen LogP contribution is -2.30. The van der Waals surface area contributed by atoms with E-state index in [4.69, 9.17) is 16.7 Å². The van der Waals surface area contributed by atoms with Crippen molar-refractivity contribution >= 4 is 23.2 Å². The quantitative estimate of drug-likeness (QED) is 0.488. The molecule has 0 saturated carbocycles. The Balaban J connectivity index is 3.15. The van der Waals surface area contributed by atoms with Crippen molar-refractivity contribution in [3.05, 3.63) is 33.1 Å². The van der Waals surface area contributed by atoms with Gasteiger partial charge in [-0.25, -0.2) is 4.98 Å². The number of aromatic nitrogens is 1. The summed E-state index contributed by atoms with van der Waals surface area (Å²) in [7, 11) is 1.43. The summed E-state index contributed by atoms with van der Waals surface area (Å²) in [5.41, 5.74) is -0.560. The molecule has 92 valence electrons. The standard InChI is InChI=1S/C9H10ClN3O4/c1-12(2-3-14)9(15)6-4-8(10)11-5-7(6)13(16)17/h4-5,14H,2-3H2,1H3. The lowest BCUT2D eigenvalue weighted by Gasteiger charge is -2.15. The van der Waals surface area contributed by atoms with Crippen LogP contribution in [-0.4, -0.2) is 46.0 Å². The second-order valence-corrected chi connectivity index (χ2v) is 3.62. The van der Waals surface area contributed by atoms with Gasteiger partial charge in [0.25, 0.3) is 11.6 Å². The van der Waals surface area contributed by atoms with E-state index in [-0.39, 0.29) is 23.9 Å². The maximum absolute atomic E-state index is 11.8. The largest absolute Gasteiger partial charge is 0.395 e. The molecule has 1 aromatic heterocycles. The lowest BCUT2D eigenvalue weighted by atomic mass is 10.2. The molecule has 0 aliphatic rings. The number of aliphatic hydroxyl groups excluding tert-OH is 1. The van der Waals surface area contributed by atoms with Gasteiger partial charge in [-0.2, -0.15) is 0 Å². The molecule has 0 aliphatic carbocycles. The van der Waals surface area contributed by atoms with Crippen LogP contribution in [0.3, 0.4) is 0 Å². The first-order chi connectivity index (χ1) is 7.97. The van der Waals surface area contributed by atoms with E-state index in [2.05, 4.69) is 4.98 Å². The zero-order valence-corrected chi connectivity index (χ0v) is 9.72. The first-order valence-electron chi connectivity index (χ1n) is 4.63. The summed E-state index contributed by atoms with van der Waals surface area (Å²) in [6, 6.07) is 1.13. The summed E-state index contributed by atoms with van der Waals surface area (Å²) in [5, 5.41) is 19.4. The highest BCUT2D eigenvalue weighted by molar-refractivity contribution is 6.29. The number of nitro groups is 1. The molecule has 0 radical (unpaired) electrons. The second kappa shape index (κ2) is 5.55. The predicted octanol–water partition coefficient (Wildman–Crippen LogP) is 0.707. The number of hydrogen-bond acceptors (Lipinski definition) is 5. The van der Waals surface area contributed by atoms with E-state index in [1.807, 2.05) is 0 Å². The van der Waals surface area contributed by atoms with E-state index in [0.717, 1.165) is 12.3 Å². The van der Waals surface area contributed by atoms with Crippen LogP contribution in [0, 0.1) is 10.1 Å². The molecule has 0 bridgehead atoms. The fourth-order valence-corrected chi connectivity index (χ4v) is 1.35. The predicted molar refractivity (Wildman–Crippen MR) is 59.9 cm³/mol. The van der Waals surface area contributed by atoms with Crippen LogP contribution in [0.1, 0.15) is 10.4 Å². The van der Waals surface area contributed by atoms with Crippen LogP contribution in [0.25, 0.3) is 0 Å². The van der Waals surface area contributed by atoms with Gasteiger partial charge in [0, 0.05) is 13.6 Å². The molecule has 0 unspecified atom stereocenters. The maximum Gasteiger partial charge on any atom is 0.300 e. The summed E-state index contributed by atoms with van der Waals surface area (Å²) < 4.78 is 0. The van der Waals surface area contributed by atoms with Crippen molar-refractivity contribution < 1.29 is 14.8 Å². The molecule has 0 spiro atoms. The molecule has 7 nitrogen and oxygen atoms in total. The minimum absolute atomic E-state index is 0.00338. The molecular weight excluding hydrogens is 250 g/mol. The third-order valence-electron chi connectivity index (χ3n) is 2.06. The van der Waals surface area contributed by atoms with Crippen molar-refractivity contribution in [3.63, 3.8) is 0 Å². The minimum Gasteiger partial charge on any atom is -0.395 e. The van der Waals surface area contributed by atoms with Crippen LogP contribution in [0.15, 0.2) is 12.3 Å². The third kappa shape index (κ3) is 3.11. The zero-order valence-electron chi connectivity index (χ0n) is 8.96. The Hall–Kier alpha value is -1.73. The van der Waals surface area contributed by atoms with E-state index in [1.54, 1.807) is 0 Å². The van der Waals surface area contributed by atoms with Gasteiger partial charge in [0.1, 0.15) is 16.9 Å². The van der Waals surface area contributed by atoms with Crippen LogP contribution < -0.4 is 0 Å². The van der Waals surface area contributed by atoms with Crippen LogP contribution in [-0.2, 0) is 0 Å². The number of likely N-dealkylation sites (N-methyl/N-ethyl adjacent to an activating group) is 1. The number of amides is 1. The monoisotopic (exact) mass is 259 g/mol. The van der Waals surface area contributed by atoms with Gasteiger partial charge in [-0.3, -0.25) is 14.9 Å². The molecule has 1 aromatic rings.